The average Bonchev–Trinajstić information content (AvgIpc) is 3.20. The Balaban J connectivity index is 1.86. The quantitative estimate of drug-likeness (QED) is 0.760. The highest BCUT2D eigenvalue weighted by molar-refractivity contribution is 5.37. The molecular formula is C17H29N3. The second-order valence-corrected chi connectivity index (χ2v) is 6.74. The molecule has 0 bridgehead atoms. The fourth-order valence-corrected chi connectivity index (χ4v) is 2.69. The number of nitrogens with zero attached hydrogens (tertiary/aromatic N) is 1. The number of pyridine rings is 1. The van der Waals surface area contributed by atoms with E-state index in [4.69, 9.17) is 0 Å². The number of hydrogen-bond acceptors (Lipinski definition) is 3. The maximum atomic E-state index is 4.43. The summed E-state index contributed by atoms with van der Waals surface area (Å²) < 4.78 is 0. The predicted octanol–water partition coefficient (Wildman–Crippen LogP) is 3.67. The Bertz CT molecular complexity index is 402. The molecule has 3 nitrogen and oxygen atoms in total. The Labute approximate surface area is 123 Å². The van der Waals surface area contributed by atoms with Gasteiger partial charge in [-0.1, -0.05) is 27.7 Å². The van der Waals surface area contributed by atoms with Gasteiger partial charge in [0.1, 0.15) is 5.82 Å². The second kappa shape index (κ2) is 7.07. The van der Waals surface area contributed by atoms with Gasteiger partial charge in [0.15, 0.2) is 0 Å². The first-order chi connectivity index (χ1) is 9.56. The molecule has 2 N–H and O–H groups in total. The van der Waals surface area contributed by atoms with Gasteiger partial charge in [-0.25, -0.2) is 4.98 Å². The Morgan fingerprint density at radius 2 is 1.90 bits per heavy atom. The molecule has 0 amide bonds. The number of aromatic nitrogens is 1. The first kappa shape index (κ1) is 15.3. The van der Waals surface area contributed by atoms with Crippen LogP contribution in [0.25, 0.3) is 0 Å². The zero-order chi connectivity index (χ0) is 14.5. The molecule has 0 unspecified atom stereocenters. The lowest BCUT2D eigenvalue weighted by atomic mass is 9.85. The van der Waals surface area contributed by atoms with Crippen molar-refractivity contribution in [3.63, 3.8) is 0 Å². The molecule has 0 atom stereocenters. The lowest BCUT2D eigenvalue weighted by molar-refractivity contribution is 0.304. The van der Waals surface area contributed by atoms with E-state index in [0.717, 1.165) is 24.9 Å². The minimum absolute atomic E-state index is 0.685. The van der Waals surface area contributed by atoms with Gasteiger partial charge in [0.25, 0.3) is 0 Å². The van der Waals surface area contributed by atoms with Gasteiger partial charge < -0.3 is 10.6 Å². The summed E-state index contributed by atoms with van der Waals surface area (Å²) in [7, 11) is 0. The lowest BCUT2D eigenvalue weighted by Gasteiger charge is -2.25. The molecule has 1 aromatic rings. The average molecular weight is 275 g/mol. The van der Waals surface area contributed by atoms with Crippen LogP contribution in [0.1, 0.15) is 46.1 Å². The number of anilines is 1. The Hall–Kier alpha value is -1.09. The summed E-state index contributed by atoms with van der Waals surface area (Å²) in [6.45, 7) is 11.2. The third-order valence-electron chi connectivity index (χ3n) is 4.23. The molecule has 3 heteroatoms. The van der Waals surface area contributed by atoms with Crippen LogP contribution in [0, 0.1) is 17.8 Å². The first-order valence-corrected chi connectivity index (χ1v) is 7.98. The van der Waals surface area contributed by atoms with Crippen LogP contribution in [-0.4, -0.2) is 17.6 Å². The normalized spacial score (nSPS) is 15.3. The van der Waals surface area contributed by atoms with E-state index < -0.39 is 0 Å². The second-order valence-electron chi connectivity index (χ2n) is 6.74. The molecule has 2 rings (SSSR count). The molecule has 1 saturated carbocycles. The maximum absolute atomic E-state index is 4.43. The van der Waals surface area contributed by atoms with E-state index in [1.54, 1.807) is 0 Å². The topological polar surface area (TPSA) is 37.0 Å². The van der Waals surface area contributed by atoms with Crippen molar-refractivity contribution in [2.24, 2.45) is 17.8 Å². The molecule has 0 spiro atoms. The Morgan fingerprint density at radius 1 is 1.20 bits per heavy atom. The SMILES string of the molecule is CC(C)C(CNc1cc(CNC2CC2)ccn1)C(C)C. The summed E-state index contributed by atoms with van der Waals surface area (Å²) in [4.78, 5) is 4.43. The van der Waals surface area contributed by atoms with Gasteiger partial charge in [-0.3, -0.25) is 0 Å². The van der Waals surface area contributed by atoms with Crippen molar-refractivity contribution >= 4 is 5.82 Å². The maximum Gasteiger partial charge on any atom is 0.126 e. The summed E-state index contributed by atoms with van der Waals surface area (Å²) in [5.41, 5.74) is 1.32. The van der Waals surface area contributed by atoms with Gasteiger partial charge >= 0.3 is 0 Å². The van der Waals surface area contributed by atoms with E-state index in [-0.39, 0.29) is 0 Å². The molecular weight excluding hydrogens is 246 g/mol. The van der Waals surface area contributed by atoms with Gasteiger partial charge in [-0.15, -0.1) is 0 Å². The third-order valence-corrected chi connectivity index (χ3v) is 4.23. The zero-order valence-corrected chi connectivity index (χ0v) is 13.3. The third kappa shape index (κ3) is 4.78. The van der Waals surface area contributed by atoms with Crippen LogP contribution in [0.15, 0.2) is 18.3 Å². The minimum atomic E-state index is 0.685. The molecule has 1 aliphatic carbocycles. The molecule has 1 aromatic heterocycles. The van der Waals surface area contributed by atoms with E-state index in [9.17, 15) is 0 Å². The fourth-order valence-electron chi connectivity index (χ4n) is 2.69. The fraction of sp³-hybridized carbons (Fsp3) is 0.706. The van der Waals surface area contributed by atoms with Crippen LogP contribution >= 0.6 is 0 Å². The standard InChI is InChI=1S/C17H29N3/c1-12(2)16(13(3)4)11-20-17-9-14(7-8-18-17)10-19-15-5-6-15/h7-9,12-13,15-16,19H,5-6,10-11H2,1-4H3,(H,18,20). The summed E-state index contributed by atoms with van der Waals surface area (Å²) in [6, 6.07) is 5.03. The highest BCUT2D eigenvalue weighted by Crippen LogP contribution is 2.22. The van der Waals surface area contributed by atoms with Crippen molar-refractivity contribution in [3.05, 3.63) is 23.9 Å². The first-order valence-electron chi connectivity index (χ1n) is 7.98. The van der Waals surface area contributed by atoms with Crippen LogP contribution in [0.4, 0.5) is 5.82 Å². The van der Waals surface area contributed by atoms with Crippen molar-refractivity contribution in [1.82, 2.24) is 10.3 Å². The highest BCUT2D eigenvalue weighted by atomic mass is 15.0. The van der Waals surface area contributed by atoms with E-state index in [1.165, 1.54) is 18.4 Å². The summed E-state index contributed by atoms with van der Waals surface area (Å²) >= 11 is 0. The van der Waals surface area contributed by atoms with E-state index >= 15 is 0 Å². The molecule has 1 heterocycles. The van der Waals surface area contributed by atoms with Gasteiger partial charge in [0.05, 0.1) is 0 Å². The van der Waals surface area contributed by atoms with Gasteiger partial charge in [0.2, 0.25) is 0 Å². The van der Waals surface area contributed by atoms with Crippen LogP contribution in [0.5, 0.6) is 0 Å². The zero-order valence-electron chi connectivity index (χ0n) is 13.3. The van der Waals surface area contributed by atoms with Gasteiger partial charge in [-0.05, 0) is 48.3 Å². The predicted molar refractivity (Wildman–Crippen MR) is 85.8 cm³/mol. The number of hydrogen-bond donors (Lipinski definition) is 2. The lowest BCUT2D eigenvalue weighted by Crippen LogP contribution is -2.25. The monoisotopic (exact) mass is 275 g/mol. The van der Waals surface area contributed by atoms with Crippen molar-refractivity contribution in [2.45, 2.75) is 53.1 Å². The van der Waals surface area contributed by atoms with Crippen LogP contribution in [0.3, 0.4) is 0 Å². The molecule has 1 fully saturated rings. The molecule has 1 aliphatic rings. The van der Waals surface area contributed by atoms with E-state index in [1.807, 2.05) is 6.20 Å². The molecule has 0 saturated heterocycles. The minimum Gasteiger partial charge on any atom is -0.370 e. The molecule has 0 aromatic carbocycles. The van der Waals surface area contributed by atoms with E-state index in [2.05, 4.69) is 55.4 Å². The summed E-state index contributed by atoms with van der Waals surface area (Å²) in [6.07, 6.45) is 4.58. The molecule has 0 radical (unpaired) electrons. The van der Waals surface area contributed by atoms with Crippen LogP contribution < -0.4 is 10.6 Å². The van der Waals surface area contributed by atoms with E-state index in [0.29, 0.717) is 17.8 Å². The summed E-state index contributed by atoms with van der Waals surface area (Å²) in [5.74, 6) is 3.08. The highest BCUT2D eigenvalue weighted by Gasteiger charge is 2.20. The van der Waals surface area contributed by atoms with Crippen molar-refractivity contribution in [2.75, 3.05) is 11.9 Å². The number of nitrogens with one attached hydrogen (secondary N) is 2. The Morgan fingerprint density at radius 3 is 2.50 bits per heavy atom. The smallest absolute Gasteiger partial charge is 0.126 e. The van der Waals surface area contributed by atoms with Gasteiger partial charge in [0, 0.05) is 25.3 Å². The molecule has 112 valence electrons. The Kier molecular flexibility index (Phi) is 5.41. The number of rotatable bonds is 8. The van der Waals surface area contributed by atoms with Crippen molar-refractivity contribution < 1.29 is 0 Å². The molecule has 0 aliphatic heterocycles. The van der Waals surface area contributed by atoms with Crippen molar-refractivity contribution in [1.29, 1.82) is 0 Å². The molecule has 20 heavy (non-hydrogen) atoms. The van der Waals surface area contributed by atoms with Crippen LogP contribution in [-0.2, 0) is 6.54 Å². The summed E-state index contributed by atoms with van der Waals surface area (Å²) in [5, 5.41) is 7.06. The van der Waals surface area contributed by atoms with Crippen LogP contribution in [0.2, 0.25) is 0 Å². The van der Waals surface area contributed by atoms with Crippen molar-refractivity contribution in [3.8, 4) is 0 Å². The largest absolute Gasteiger partial charge is 0.370 e. The van der Waals surface area contributed by atoms with Gasteiger partial charge in [-0.2, -0.15) is 0 Å².